The molecule has 7 heteroatoms. The first-order valence-electron chi connectivity index (χ1n) is 7.98. The molecule has 21 heavy (non-hydrogen) atoms. The van der Waals surface area contributed by atoms with Crippen molar-refractivity contribution in [1.82, 2.24) is 8.61 Å². The standard InChI is InChI=1S/C14H24N2O4S/c17-14-6-3-4-12(14)13-5-1-2-7-16(13)21(18,19)15-8-10-20-11-9-15/h12-13H,1-11H2. The molecule has 1 saturated carbocycles. The normalized spacial score (nSPS) is 33.4. The average Bonchev–Trinajstić information content (AvgIpc) is 2.94. The highest BCUT2D eigenvalue weighted by atomic mass is 32.2. The summed E-state index contributed by atoms with van der Waals surface area (Å²) in [4.78, 5) is 12.1. The molecular formula is C14H24N2O4S. The average molecular weight is 316 g/mol. The zero-order valence-electron chi connectivity index (χ0n) is 12.4. The Morgan fingerprint density at radius 3 is 2.43 bits per heavy atom. The number of morpholine rings is 1. The molecule has 2 saturated heterocycles. The van der Waals surface area contributed by atoms with Gasteiger partial charge in [-0.05, 0) is 25.7 Å². The predicted molar refractivity (Wildman–Crippen MR) is 78.0 cm³/mol. The van der Waals surface area contributed by atoms with Gasteiger partial charge in [0.1, 0.15) is 5.78 Å². The minimum Gasteiger partial charge on any atom is -0.379 e. The van der Waals surface area contributed by atoms with Crippen molar-refractivity contribution in [2.24, 2.45) is 5.92 Å². The Hall–Kier alpha value is -0.500. The van der Waals surface area contributed by atoms with E-state index in [-0.39, 0.29) is 17.7 Å². The van der Waals surface area contributed by atoms with Crippen LogP contribution in [-0.4, -0.2) is 61.7 Å². The van der Waals surface area contributed by atoms with Crippen LogP contribution in [0.15, 0.2) is 0 Å². The Morgan fingerprint density at radius 1 is 1.00 bits per heavy atom. The van der Waals surface area contributed by atoms with Gasteiger partial charge in [-0.3, -0.25) is 4.79 Å². The van der Waals surface area contributed by atoms with Gasteiger partial charge in [-0.2, -0.15) is 17.0 Å². The van der Waals surface area contributed by atoms with Gasteiger partial charge in [-0.15, -0.1) is 0 Å². The summed E-state index contributed by atoms with van der Waals surface area (Å²) in [5.74, 6) is 0.171. The number of Topliss-reactive ketones (excluding diaryl/α,β-unsaturated/α-hetero) is 1. The van der Waals surface area contributed by atoms with E-state index in [1.54, 1.807) is 4.31 Å². The zero-order valence-corrected chi connectivity index (χ0v) is 13.2. The number of carbonyl (C=O) groups is 1. The molecule has 0 aromatic heterocycles. The summed E-state index contributed by atoms with van der Waals surface area (Å²) in [5, 5.41) is 0. The third kappa shape index (κ3) is 3.02. The quantitative estimate of drug-likeness (QED) is 0.772. The van der Waals surface area contributed by atoms with Crippen molar-refractivity contribution in [3.8, 4) is 0 Å². The summed E-state index contributed by atoms with van der Waals surface area (Å²) in [5.41, 5.74) is 0. The molecule has 0 bridgehead atoms. The number of carbonyl (C=O) groups excluding carboxylic acids is 1. The second-order valence-electron chi connectivity index (χ2n) is 6.16. The van der Waals surface area contributed by atoms with Crippen LogP contribution < -0.4 is 0 Å². The minimum atomic E-state index is -3.46. The molecule has 3 rings (SSSR count). The van der Waals surface area contributed by atoms with Crippen LogP contribution in [0, 0.1) is 5.92 Å². The number of piperidine rings is 1. The molecule has 0 amide bonds. The third-order valence-corrected chi connectivity index (χ3v) is 6.97. The summed E-state index contributed by atoms with van der Waals surface area (Å²) in [6.07, 6.45) is 5.10. The largest absolute Gasteiger partial charge is 0.379 e. The number of hydrogen-bond donors (Lipinski definition) is 0. The topological polar surface area (TPSA) is 66.9 Å². The van der Waals surface area contributed by atoms with E-state index in [1.807, 2.05) is 0 Å². The van der Waals surface area contributed by atoms with Crippen molar-refractivity contribution in [1.29, 1.82) is 0 Å². The first kappa shape index (κ1) is 15.4. The smallest absolute Gasteiger partial charge is 0.282 e. The van der Waals surface area contributed by atoms with Crippen molar-refractivity contribution in [2.45, 2.75) is 44.6 Å². The van der Waals surface area contributed by atoms with Gasteiger partial charge >= 0.3 is 0 Å². The van der Waals surface area contributed by atoms with Gasteiger partial charge in [0.2, 0.25) is 0 Å². The van der Waals surface area contributed by atoms with Gasteiger partial charge in [0.25, 0.3) is 10.2 Å². The van der Waals surface area contributed by atoms with Crippen LogP contribution in [0.4, 0.5) is 0 Å². The Bertz CT molecular complexity index is 487. The second kappa shape index (κ2) is 6.32. The highest BCUT2D eigenvalue weighted by molar-refractivity contribution is 7.86. The molecule has 3 aliphatic rings. The van der Waals surface area contributed by atoms with Gasteiger partial charge in [0.05, 0.1) is 13.2 Å². The van der Waals surface area contributed by atoms with E-state index in [0.717, 1.165) is 32.1 Å². The third-order valence-electron chi connectivity index (χ3n) is 4.91. The Labute approximate surface area is 126 Å². The predicted octanol–water partition coefficient (Wildman–Crippen LogP) is 0.787. The number of ketones is 1. The van der Waals surface area contributed by atoms with Crippen LogP contribution in [0.5, 0.6) is 0 Å². The zero-order chi connectivity index (χ0) is 14.9. The molecular weight excluding hydrogens is 292 g/mol. The van der Waals surface area contributed by atoms with E-state index in [4.69, 9.17) is 4.74 Å². The molecule has 6 nitrogen and oxygen atoms in total. The molecule has 3 fully saturated rings. The molecule has 120 valence electrons. The molecule has 2 heterocycles. The van der Waals surface area contributed by atoms with Crippen LogP contribution in [0.3, 0.4) is 0 Å². The Morgan fingerprint density at radius 2 is 1.76 bits per heavy atom. The van der Waals surface area contributed by atoms with Crippen molar-refractivity contribution in [3.63, 3.8) is 0 Å². The molecule has 0 aromatic carbocycles. The first-order chi connectivity index (χ1) is 10.1. The van der Waals surface area contributed by atoms with Crippen LogP contribution in [0.25, 0.3) is 0 Å². The molecule has 2 aliphatic heterocycles. The van der Waals surface area contributed by atoms with E-state index in [9.17, 15) is 13.2 Å². The van der Waals surface area contributed by atoms with Crippen molar-refractivity contribution in [3.05, 3.63) is 0 Å². The fourth-order valence-corrected chi connectivity index (χ4v) is 5.66. The SMILES string of the molecule is O=C1CCCC1C1CCCCN1S(=O)(=O)N1CCOCC1. The van der Waals surface area contributed by atoms with Crippen LogP contribution in [-0.2, 0) is 19.7 Å². The van der Waals surface area contributed by atoms with Crippen molar-refractivity contribution >= 4 is 16.0 Å². The van der Waals surface area contributed by atoms with E-state index in [0.29, 0.717) is 39.3 Å². The lowest BCUT2D eigenvalue weighted by Gasteiger charge is -2.41. The fraction of sp³-hybridized carbons (Fsp3) is 0.929. The maximum Gasteiger partial charge on any atom is 0.282 e. The van der Waals surface area contributed by atoms with Gasteiger partial charge in [-0.1, -0.05) is 6.42 Å². The van der Waals surface area contributed by atoms with Gasteiger partial charge in [0, 0.05) is 38.0 Å². The lowest BCUT2D eigenvalue weighted by molar-refractivity contribution is -0.122. The van der Waals surface area contributed by atoms with Crippen LogP contribution in [0.2, 0.25) is 0 Å². The summed E-state index contributed by atoms with van der Waals surface area (Å²) < 4.78 is 34.2. The number of rotatable bonds is 3. The molecule has 0 aromatic rings. The summed E-state index contributed by atoms with van der Waals surface area (Å²) in [6.45, 7) is 2.31. The summed E-state index contributed by atoms with van der Waals surface area (Å²) >= 11 is 0. The molecule has 2 atom stereocenters. The van der Waals surface area contributed by atoms with Gasteiger partial charge in [0.15, 0.2) is 0 Å². The molecule has 2 unspecified atom stereocenters. The molecule has 0 N–H and O–H groups in total. The fourth-order valence-electron chi connectivity index (χ4n) is 3.79. The second-order valence-corrected chi connectivity index (χ2v) is 8.04. The summed E-state index contributed by atoms with van der Waals surface area (Å²) in [7, 11) is -3.46. The van der Waals surface area contributed by atoms with Crippen LogP contribution in [0.1, 0.15) is 38.5 Å². The maximum absolute atomic E-state index is 12.9. The van der Waals surface area contributed by atoms with Gasteiger partial charge < -0.3 is 4.74 Å². The molecule has 0 spiro atoms. The molecule has 1 aliphatic carbocycles. The van der Waals surface area contributed by atoms with Crippen LogP contribution >= 0.6 is 0 Å². The molecule has 0 radical (unpaired) electrons. The minimum absolute atomic E-state index is 0.0823. The number of ether oxygens (including phenoxy) is 1. The number of hydrogen-bond acceptors (Lipinski definition) is 4. The van der Waals surface area contributed by atoms with Gasteiger partial charge in [-0.25, -0.2) is 0 Å². The number of nitrogens with zero attached hydrogens (tertiary/aromatic N) is 2. The van der Waals surface area contributed by atoms with E-state index in [1.165, 1.54) is 4.31 Å². The van der Waals surface area contributed by atoms with Crippen molar-refractivity contribution < 1.29 is 17.9 Å². The first-order valence-corrected chi connectivity index (χ1v) is 9.38. The highest BCUT2D eigenvalue weighted by Gasteiger charge is 2.43. The monoisotopic (exact) mass is 316 g/mol. The summed E-state index contributed by atoms with van der Waals surface area (Å²) in [6, 6.07) is -0.124. The lowest BCUT2D eigenvalue weighted by atomic mass is 9.90. The van der Waals surface area contributed by atoms with Crippen molar-refractivity contribution in [2.75, 3.05) is 32.8 Å². The lowest BCUT2D eigenvalue weighted by Crippen LogP contribution is -2.55. The maximum atomic E-state index is 12.9. The van der Waals surface area contributed by atoms with E-state index < -0.39 is 10.2 Å². The Balaban J connectivity index is 1.81. The van der Waals surface area contributed by atoms with E-state index >= 15 is 0 Å². The highest BCUT2D eigenvalue weighted by Crippen LogP contribution is 2.34. The van der Waals surface area contributed by atoms with E-state index in [2.05, 4.69) is 0 Å². The Kier molecular flexibility index (Phi) is 4.63.